The molecule has 1 amide bonds. The first-order valence-electron chi connectivity index (χ1n) is 8.37. The molecule has 0 bridgehead atoms. The summed E-state index contributed by atoms with van der Waals surface area (Å²) in [6.45, 7) is 9.26. The van der Waals surface area contributed by atoms with Crippen molar-refractivity contribution in [2.24, 2.45) is 0 Å². The molecule has 8 heteroatoms. The van der Waals surface area contributed by atoms with Gasteiger partial charge in [-0.3, -0.25) is 4.90 Å². The Kier molecular flexibility index (Phi) is 5.16. The maximum atomic E-state index is 12.3. The Morgan fingerprint density at radius 2 is 1.85 bits per heavy atom. The molecule has 1 N–H and O–H groups in total. The summed E-state index contributed by atoms with van der Waals surface area (Å²) in [5, 5.41) is 9.67. The number of ether oxygens (including phenoxy) is 1. The van der Waals surface area contributed by atoms with Crippen LogP contribution >= 0.6 is 0 Å². The summed E-state index contributed by atoms with van der Waals surface area (Å²) in [5.41, 5.74) is 0.850. The molecule has 1 heterocycles. The molecule has 0 atom stereocenters. The van der Waals surface area contributed by atoms with E-state index in [2.05, 4.69) is 4.98 Å². The minimum atomic E-state index is -1.13. The Labute approximate surface area is 153 Å². The van der Waals surface area contributed by atoms with Gasteiger partial charge in [0, 0.05) is 25.8 Å². The van der Waals surface area contributed by atoms with E-state index in [4.69, 9.17) is 4.74 Å². The number of aromatic nitrogens is 2. The molecule has 0 aliphatic heterocycles. The molecule has 0 saturated carbocycles. The van der Waals surface area contributed by atoms with E-state index >= 15 is 0 Å². The Hall–Kier alpha value is -2.77. The van der Waals surface area contributed by atoms with Crippen LogP contribution in [0.2, 0.25) is 0 Å². The lowest BCUT2D eigenvalue weighted by Crippen LogP contribution is -2.34. The molecule has 0 aliphatic rings. The number of amides is 1. The fraction of sp³-hybridized carbons (Fsp3) is 0.500. The zero-order chi connectivity index (χ0) is 19.8. The number of fused-ring (bicyclic) bond motifs is 1. The minimum Gasteiger partial charge on any atom is -0.464 e. The molecule has 8 nitrogen and oxygen atoms in total. The van der Waals surface area contributed by atoms with Gasteiger partial charge in [-0.1, -0.05) is 0 Å². The largest absolute Gasteiger partial charge is 0.464 e. The van der Waals surface area contributed by atoms with Crippen LogP contribution in [-0.2, 0) is 4.74 Å². The Balaban J connectivity index is 2.52. The highest BCUT2D eigenvalue weighted by molar-refractivity contribution is 5.95. The van der Waals surface area contributed by atoms with Crippen molar-refractivity contribution in [1.82, 2.24) is 9.55 Å². The third-order valence-electron chi connectivity index (χ3n) is 3.96. The van der Waals surface area contributed by atoms with Crippen molar-refractivity contribution in [3.63, 3.8) is 0 Å². The van der Waals surface area contributed by atoms with Crippen LogP contribution in [0.3, 0.4) is 0 Å². The summed E-state index contributed by atoms with van der Waals surface area (Å²) < 4.78 is 6.49. The number of imidazole rings is 1. The van der Waals surface area contributed by atoms with Gasteiger partial charge in [0.25, 0.3) is 0 Å². The molecule has 1 aromatic carbocycles. The highest BCUT2D eigenvalue weighted by atomic mass is 16.6. The van der Waals surface area contributed by atoms with E-state index < -0.39 is 17.8 Å². The van der Waals surface area contributed by atoms with Gasteiger partial charge in [0.2, 0.25) is 5.95 Å². The molecule has 2 aromatic rings. The van der Waals surface area contributed by atoms with Crippen molar-refractivity contribution in [1.29, 1.82) is 0 Å². The maximum absolute atomic E-state index is 12.3. The number of rotatable bonds is 3. The molecule has 0 fully saturated rings. The van der Waals surface area contributed by atoms with E-state index in [1.807, 2.05) is 13.8 Å². The Bertz CT molecular complexity index is 836. The highest BCUT2D eigenvalue weighted by Gasteiger charge is 2.24. The molecule has 26 heavy (non-hydrogen) atoms. The quantitative estimate of drug-likeness (QED) is 0.894. The van der Waals surface area contributed by atoms with Gasteiger partial charge in [-0.05, 0) is 52.8 Å². The molecule has 142 valence electrons. The third-order valence-corrected chi connectivity index (χ3v) is 3.96. The normalized spacial score (nSPS) is 11.7. The van der Waals surface area contributed by atoms with Gasteiger partial charge in [0.05, 0.1) is 11.0 Å². The molecule has 0 spiro atoms. The van der Waals surface area contributed by atoms with Gasteiger partial charge < -0.3 is 14.7 Å². The first-order chi connectivity index (χ1) is 11.9. The standard InChI is InChI=1S/C18H26N4O4/c1-11(2)20(6)15-19-13-9-8-12(10-14(13)22(15)16(23)24)21(7)17(25)26-18(3,4)5/h8-11H,1-7H3,(H,23,24). The average molecular weight is 362 g/mol. The molecule has 0 saturated heterocycles. The van der Waals surface area contributed by atoms with Gasteiger partial charge in [-0.2, -0.15) is 0 Å². The van der Waals surface area contributed by atoms with Crippen molar-refractivity contribution >= 4 is 34.9 Å². The molecule has 0 aliphatic carbocycles. The molecule has 0 radical (unpaired) electrons. The summed E-state index contributed by atoms with van der Waals surface area (Å²) in [7, 11) is 3.37. The Morgan fingerprint density at radius 1 is 1.23 bits per heavy atom. The molecule has 1 aromatic heterocycles. The lowest BCUT2D eigenvalue weighted by molar-refractivity contribution is 0.0589. The van der Waals surface area contributed by atoms with Crippen LogP contribution in [0, 0.1) is 0 Å². The highest BCUT2D eigenvalue weighted by Crippen LogP contribution is 2.27. The van der Waals surface area contributed by atoms with Crippen LogP contribution in [0.25, 0.3) is 11.0 Å². The van der Waals surface area contributed by atoms with Crippen LogP contribution in [0.15, 0.2) is 18.2 Å². The fourth-order valence-electron chi connectivity index (χ4n) is 2.35. The van der Waals surface area contributed by atoms with E-state index in [1.54, 1.807) is 58.0 Å². The number of nitrogens with zero attached hydrogens (tertiary/aromatic N) is 4. The summed E-state index contributed by atoms with van der Waals surface area (Å²) in [5.74, 6) is 0.333. The number of carbonyl (C=O) groups is 2. The SMILES string of the molecule is CC(C)N(C)c1nc2ccc(N(C)C(=O)OC(C)(C)C)cc2n1C(=O)O. The van der Waals surface area contributed by atoms with Crippen molar-refractivity contribution < 1.29 is 19.4 Å². The van der Waals surface area contributed by atoms with Crippen molar-refractivity contribution in [3.8, 4) is 0 Å². The minimum absolute atomic E-state index is 0.0776. The van der Waals surface area contributed by atoms with Crippen molar-refractivity contribution in [3.05, 3.63) is 18.2 Å². The average Bonchev–Trinajstić information content (AvgIpc) is 2.89. The van der Waals surface area contributed by atoms with Crippen molar-refractivity contribution in [2.45, 2.75) is 46.3 Å². The molecular formula is C18H26N4O4. The Morgan fingerprint density at radius 3 is 2.35 bits per heavy atom. The van der Waals surface area contributed by atoms with Crippen LogP contribution in [0.5, 0.6) is 0 Å². The van der Waals surface area contributed by atoms with Gasteiger partial charge in [-0.15, -0.1) is 0 Å². The number of anilines is 2. The van der Waals surface area contributed by atoms with Gasteiger partial charge in [0.15, 0.2) is 0 Å². The lowest BCUT2D eigenvalue weighted by Gasteiger charge is -2.24. The first-order valence-corrected chi connectivity index (χ1v) is 8.37. The summed E-state index contributed by atoms with van der Waals surface area (Å²) in [6, 6.07) is 5.11. The predicted octanol–water partition coefficient (Wildman–Crippen LogP) is 3.78. The summed E-state index contributed by atoms with van der Waals surface area (Å²) in [6.07, 6.45) is -1.65. The zero-order valence-electron chi connectivity index (χ0n) is 16.3. The number of carboxylic acid groups (broad SMARTS) is 1. The van der Waals surface area contributed by atoms with Crippen LogP contribution in [0.1, 0.15) is 34.6 Å². The van der Waals surface area contributed by atoms with E-state index in [0.29, 0.717) is 22.7 Å². The third kappa shape index (κ3) is 3.89. The monoisotopic (exact) mass is 362 g/mol. The maximum Gasteiger partial charge on any atom is 0.418 e. The van der Waals surface area contributed by atoms with E-state index in [0.717, 1.165) is 4.57 Å². The predicted molar refractivity (Wildman–Crippen MR) is 101 cm³/mol. The summed E-state index contributed by atoms with van der Waals surface area (Å²) >= 11 is 0. The van der Waals surface area contributed by atoms with E-state index in [-0.39, 0.29) is 6.04 Å². The fourth-order valence-corrected chi connectivity index (χ4v) is 2.35. The van der Waals surface area contributed by atoms with Gasteiger partial charge in [-0.25, -0.2) is 19.1 Å². The van der Waals surface area contributed by atoms with Crippen LogP contribution in [0.4, 0.5) is 21.2 Å². The van der Waals surface area contributed by atoms with E-state index in [9.17, 15) is 14.7 Å². The lowest BCUT2D eigenvalue weighted by atomic mass is 10.2. The second-order valence-electron chi connectivity index (χ2n) is 7.45. The second-order valence-corrected chi connectivity index (χ2v) is 7.45. The number of carbonyl (C=O) groups excluding carboxylic acids is 1. The van der Waals surface area contributed by atoms with Crippen LogP contribution < -0.4 is 9.80 Å². The molecule has 0 unspecified atom stereocenters. The first kappa shape index (κ1) is 19.6. The molecular weight excluding hydrogens is 336 g/mol. The molecule has 2 rings (SSSR count). The zero-order valence-corrected chi connectivity index (χ0v) is 16.3. The van der Waals surface area contributed by atoms with Crippen molar-refractivity contribution in [2.75, 3.05) is 23.9 Å². The number of hydrogen-bond acceptors (Lipinski definition) is 5. The topological polar surface area (TPSA) is 87.9 Å². The second kappa shape index (κ2) is 6.86. The van der Waals surface area contributed by atoms with Gasteiger partial charge >= 0.3 is 12.2 Å². The van der Waals surface area contributed by atoms with Gasteiger partial charge in [0.1, 0.15) is 5.60 Å². The number of hydrogen-bond donors (Lipinski definition) is 1. The van der Waals surface area contributed by atoms with Crippen LogP contribution in [-0.4, -0.2) is 52.6 Å². The summed E-state index contributed by atoms with van der Waals surface area (Å²) in [4.78, 5) is 31.7. The smallest absolute Gasteiger partial charge is 0.418 e. The van der Waals surface area contributed by atoms with E-state index in [1.165, 1.54) is 4.90 Å². The number of benzene rings is 1.